The van der Waals surface area contributed by atoms with E-state index in [0.29, 0.717) is 0 Å². The van der Waals surface area contributed by atoms with Gasteiger partial charge in [0, 0.05) is 36.3 Å². The van der Waals surface area contributed by atoms with Gasteiger partial charge in [0.05, 0.1) is 18.8 Å². The third-order valence-corrected chi connectivity index (χ3v) is 9.43. The summed E-state index contributed by atoms with van der Waals surface area (Å²) < 4.78 is 12.9. The normalized spacial score (nSPS) is 32.7. The van der Waals surface area contributed by atoms with E-state index in [1.54, 1.807) is 0 Å². The number of hydrogen-bond acceptors (Lipinski definition) is 5. The fourth-order valence-electron chi connectivity index (χ4n) is 8.07. The van der Waals surface area contributed by atoms with Crippen molar-refractivity contribution in [2.75, 3.05) is 25.5 Å². The van der Waals surface area contributed by atoms with Crippen LogP contribution in [0.3, 0.4) is 0 Å². The van der Waals surface area contributed by atoms with Crippen LogP contribution in [0.15, 0.2) is 61.2 Å². The lowest BCUT2D eigenvalue weighted by Gasteiger charge is -2.56. The van der Waals surface area contributed by atoms with E-state index >= 15 is 0 Å². The van der Waals surface area contributed by atoms with Gasteiger partial charge in [-0.3, -0.25) is 0 Å². The Labute approximate surface area is 237 Å². The van der Waals surface area contributed by atoms with Gasteiger partial charge in [-0.2, -0.15) is 0 Å². The molecule has 0 spiro atoms. The van der Waals surface area contributed by atoms with Crippen LogP contribution in [0.5, 0.6) is 0 Å². The Morgan fingerprint density at radius 3 is 2.20 bits per heavy atom. The molecule has 0 aromatic heterocycles. The van der Waals surface area contributed by atoms with Crippen molar-refractivity contribution < 1.29 is 19.4 Å². The number of urea groups is 1. The Bertz CT molecular complexity index is 1150. The zero-order valence-electron chi connectivity index (χ0n) is 23.6. The Kier molecular flexibility index (Phi) is 8.00. The predicted octanol–water partition coefficient (Wildman–Crippen LogP) is 5.93. The Morgan fingerprint density at radius 1 is 0.975 bits per heavy atom. The number of ether oxygens (including phenoxy) is 2. The lowest BCUT2D eigenvalue weighted by Crippen LogP contribution is -2.60. The van der Waals surface area contributed by atoms with Gasteiger partial charge in [-0.05, 0) is 86.6 Å². The summed E-state index contributed by atoms with van der Waals surface area (Å²) in [5.74, 6) is 2.37. The van der Waals surface area contributed by atoms with Crippen molar-refractivity contribution >= 4 is 11.7 Å². The van der Waals surface area contributed by atoms with E-state index in [0.717, 1.165) is 78.9 Å². The summed E-state index contributed by atoms with van der Waals surface area (Å²) in [5, 5.41) is 15.9. The van der Waals surface area contributed by atoms with Crippen molar-refractivity contribution in [1.82, 2.24) is 10.2 Å². The van der Waals surface area contributed by atoms with Gasteiger partial charge in [0.1, 0.15) is 0 Å². The quantitative estimate of drug-likeness (QED) is 0.340. The van der Waals surface area contributed by atoms with Crippen LogP contribution < -0.4 is 10.6 Å². The van der Waals surface area contributed by atoms with E-state index in [-0.39, 0.29) is 30.4 Å². The second-order valence-corrected chi connectivity index (χ2v) is 12.8. The SMILES string of the molecule is C=CCN(C)C[C@@H]1C[C@H](c2ccc(CO)cc2)O[C@H](c2ccc(NC(=O)NC34CC5CC(CC(C5)C3)C4)cc2)O1. The molecular formula is C33H43N3O4. The molecule has 0 unspecified atom stereocenters. The molecule has 7 rings (SSSR count). The summed E-state index contributed by atoms with van der Waals surface area (Å²) in [6, 6.07) is 15.7. The minimum atomic E-state index is -0.520. The zero-order chi connectivity index (χ0) is 27.7. The number of benzene rings is 2. The lowest BCUT2D eigenvalue weighted by atomic mass is 9.53. The second-order valence-electron chi connectivity index (χ2n) is 12.8. The molecule has 7 nitrogen and oxygen atoms in total. The maximum absolute atomic E-state index is 13.0. The van der Waals surface area contributed by atoms with Crippen molar-refractivity contribution in [3.8, 4) is 0 Å². The molecule has 4 aliphatic carbocycles. The van der Waals surface area contributed by atoms with Crippen LogP contribution in [-0.2, 0) is 16.1 Å². The van der Waals surface area contributed by atoms with Crippen molar-refractivity contribution in [3.63, 3.8) is 0 Å². The molecule has 7 heteroatoms. The first-order valence-electron chi connectivity index (χ1n) is 14.9. The maximum Gasteiger partial charge on any atom is 0.319 e. The van der Waals surface area contributed by atoms with Gasteiger partial charge in [0.15, 0.2) is 6.29 Å². The summed E-state index contributed by atoms with van der Waals surface area (Å²) >= 11 is 0. The Hall–Kier alpha value is -2.71. The number of likely N-dealkylation sites (N-methyl/N-ethyl adjacent to an activating group) is 1. The van der Waals surface area contributed by atoms with Crippen LogP contribution in [0.4, 0.5) is 10.5 Å². The van der Waals surface area contributed by atoms with Crippen LogP contribution in [0.25, 0.3) is 0 Å². The molecule has 1 heterocycles. The predicted molar refractivity (Wildman–Crippen MR) is 156 cm³/mol. The summed E-state index contributed by atoms with van der Waals surface area (Å²) in [4.78, 5) is 15.2. The molecule has 5 aliphatic rings. The third-order valence-electron chi connectivity index (χ3n) is 9.43. The number of hydrogen-bond donors (Lipinski definition) is 3. The average Bonchev–Trinajstić information content (AvgIpc) is 2.92. The highest BCUT2D eigenvalue weighted by molar-refractivity contribution is 5.89. The second kappa shape index (κ2) is 11.6. The highest BCUT2D eigenvalue weighted by atomic mass is 16.7. The molecule has 3 atom stereocenters. The van der Waals surface area contributed by atoms with Crippen LogP contribution in [0.2, 0.25) is 0 Å². The van der Waals surface area contributed by atoms with E-state index in [1.165, 1.54) is 19.3 Å². The van der Waals surface area contributed by atoms with Crippen LogP contribution >= 0.6 is 0 Å². The maximum atomic E-state index is 13.0. The molecule has 3 N–H and O–H groups in total. The first-order chi connectivity index (χ1) is 19.4. The van der Waals surface area contributed by atoms with E-state index < -0.39 is 6.29 Å². The highest BCUT2D eigenvalue weighted by Crippen LogP contribution is 2.55. The van der Waals surface area contributed by atoms with Gasteiger partial charge in [-0.1, -0.05) is 42.5 Å². The molecule has 0 radical (unpaired) electrons. The summed E-state index contributed by atoms with van der Waals surface area (Å²) in [6.07, 6.45) is 9.44. The number of nitrogens with one attached hydrogen (secondary N) is 2. The van der Waals surface area contributed by atoms with E-state index in [1.807, 2.05) is 54.6 Å². The molecular weight excluding hydrogens is 502 g/mol. The van der Waals surface area contributed by atoms with Crippen LogP contribution in [-0.4, -0.2) is 47.8 Å². The van der Waals surface area contributed by atoms with Crippen molar-refractivity contribution in [3.05, 3.63) is 77.9 Å². The van der Waals surface area contributed by atoms with Crippen molar-refractivity contribution in [2.45, 2.75) is 75.6 Å². The molecule has 2 amide bonds. The molecule has 5 fully saturated rings. The molecule has 4 saturated carbocycles. The molecule has 2 aromatic carbocycles. The van der Waals surface area contributed by atoms with Gasteiger partial charge in [-0.15, -0.1) is 6.58 Å². The lowest BCUT2D eigenvalue weighted by molar-refractivity contribution is -0.252. The van der Waals surface area contributed by atoms with Crippen molar-refractivity contribution in [2.24, 2.45) is 17.8 Å². The smallest absolute Gasteiger partial charge is 0.319 e. The molecule has 1 saturated heterocycles. The van der Waals surface area contributed by atoms with Gasteiger partial charge in [0.25, 0.3) is 0 Å². The Morgan fingerprint density at radius 2 is 1.60 bits per heavy atom. The van der Waals surface area contributed by atoms with E-state index in [2.05, 4.69) is 29.2 Å². The Balaban J connectivity index is 1.11. The van der Waals surface area contributed by atoms with E-state index in [4.69, 9.17) is 9.47 Å². The summed E-state index contributed by atoms with van der Waals surface area (Å²) in [5.41, 5.74) is 3.62. The van der Waals surface area contributed by atoms with Gasteiger partial charge in [-0.25, -0.2) is 4.79 Å². The molecule has 214 valence electrons. The average molecular weight is 546 g/mol. The summed E-state index contributed by atoms with van der Waals surface area (Å²) in [6.45, 7) is 5.43. The highest BCUT2D eigenvalue weighted by Gasteiger charge is 2.51. The molecule has 2 aromatic rings. The van der Waals surface area contributed by atoms with Crippen molar-refractivity contribution in [1.29, 1.82) is 0 Å². The first-order valence-corrected chi connectivity index (χ1v) is 14.9. The molecule has 40 heavy (non-hydrogen) atoms. The first kappa shape index (κ1) is 27.5. The number of carbonyl (C=O) groups is 1. The van der Waals surface area contributed by atoms with Crippen LogP contribution in [0, 0.1) is 17.8 Å². The third kappa shape index (κ3) is 6.13. The largest absolute Gasteiger partial charge is 0.392 e. The fraction of sp³-hybridized carbons (Fsp3) is 0.545. The van der Waals surface area contributed by atoms with Gasteiger partial charge in [0.2, 0.25) is 0 Å². The molecule has 4 bridgehead atoms. The minimum absolute atomic E-state index is 0.0132. The number of aliphatic hydroxyl groups excluding tert-OH is 1. The number of amides is 2. The van der Waals surface area contributed by atoms with Gasteiger partial charge < -0.3 is 30.1 Å². The topological polar surface area (TPSA) is 83.1 Å². The number of aliphatic hydroxyl groups is 1. The van der Waals surface area contributed by atoms with Crippen LogP contribution in [0.1, 0.15) is 74.0 Å². The van der Waals surface area contributed by atoms with E-state index in [9.17, 15) is 9.90 Å². The fourth-order valence-corrected chi connectivity index (χ4v) is 8.07. The monoisotopic (exact) mass is 545 g/mol. The number of anilines is 1. The van der Waals surface area contributed by atoms with Gasteiger partial charge >= 0.3 is 6.03 Å². The number of carbonyl (C=O) groups excluding carboxylic acids is 1. The number of nitrogens with zero attached hydrogens (tertiary/aromatic N) is 1. The standard InChI is InChI=1S/C33H43N3O4/c1-3-12-36(2)20-29-16-30(26-6-4-22(21-37)5-7-26)40-31(39-29)27-8-10-28(11-9-27)34-32(38)35-33-17-23-13-24(18-33)15-25(14-23)19-33/h3-11,23-25,29-31,37H,1,12-21H2,2H3,(H2,34,35,38)/t23?,24?,25?,29-,30+,31+,33?/m0/s1. The molecule has 1 aliphatic heterocycles. The minimum Gasteiger partial charge on any atom is -0.392 e. The zero-order valence-corrected chi connectivity index (χ0v) is 23.6. The summed E-state index contributed by atoms with van der Waals surface area (Å²) in [7, 11) is 2.06. The number of rotatable bonds is 9.